The van der Waals surface area contributed by atoms with E-state index in [0.29, 0.717) is 11.3 Å². The molecule has 5 heteroatoms. The largest absolute Gasteiger partial charge is 0.449 e. The standard InChI is InChI=1S/C15H22N2O3/c1-5-10(3)17-14(18)11(4)20-15(19)12-6-9(2)7-13(16)8-12/h6-8,10-11H,5,16H2,1-4H3,(H,17,18). The minimum absolute atomic E-state index is 0.0540. The first-order chi connectivity index (χ1) is 9.33. The Morgan fingerprint density at radius 2 is 1.95 bits per heavy atom. The van der Waals surface area contributed by atoms with E-state index in [-0.39, 0.29) is 11.9 Å². The summed E-state index contributed by atoms with van der Waals surface area (Å²) in [4.78, 5) is 23.8. The third-order valence-corrected chi connectivity index (χ3v) is 2.99. The van der Waals surface area contributed by atoms with Crippen molar-refractivity contribution in [1.82, 2.24) is 5.32 Å². The second kappa shape index (κ2) is 6.93. The van der Waals surface area contributed by atoms with Crippen LogP contribution in [0.3, 0.4) is 0 Å². The summed E-state index contributed by atoms with van der Waals surface area (Å²) in [5.41, 5.74) is 7.40. The first kappa shape index (κ1) is 16.0. The Kier molecular flexibility index (Phi) is 5.55. The van der Waals surface area contributed by atoms with Crippen molar-refractivity contribution >= 4 is 17.6 Å². The van der Waals surface area contributed by atoms with Gasteiger partial charge in [-0.1, -0.05) is 6.92 Å². The lowest BCUT2D eigenvalue weighted by Gasteiger charge is -2.17. The highest BCUT2D eigenvalue weighted by Crippen LogP contribution is 2.13. The second-order valence-electron chi connectivity index (χ2n) is 5.00. The number of esters is 1. The van der Waals surface area contributed by atoms with Crippen molar-refractivity contribution in [3.8, 4) is 0 Å². The summed E-state index contributed by atoms with van der Waals surface area (Å²) >= 11 is 0. The predicted octanol–water partition coefficient (Wildman–Crippen LogP) is 2.04. The van der Waals surface area contributed by atoms with Gasteiger partial charge in [0.25, 0.3) is 5.91 Å². The van der Waals surface area contributed by atoms with E-state index in [1.165, 1.54) is 6.07 Å². The van der Waals surface area contributed by atoms with Crippen LogP contribution in [0.2, 0.25) is 0 Å². The molecule has 110 valence electrons. The quantitative estimate of drug-likeness (QED) is 0.638. The average molecular weight is 278 g/mol. The fraction of sp³-hybridized carbons (Fsp3) is 0.467. The molecule has 2 atom stereocenters. The van der Waals surface area contributed by atoms with E-state index in [4.69, 9.17) is 10.5 Å². The van der Waals surface area contributed by atoms with Gasteiger partial charge >= 0.3 is 5.97 Å². The fourth-order valence-electron chi connectivity index (χ4n) is 1.67. The molecule has 0 bridgehead atoms. The number of aryl methyl sites for hydroxylation is 1. The van der Waals surface area contributed by atoms with Crippen LogP contribution in [0, 0.1) is 6.92 Å². The Bertz CT molecular complexity index is 480. The zero-order chi connectivity index (χ0) is 15.3. The predicted molar refractivity (Wildman–Crippen MR) is 78.4 cm³/mol. The lowest BCUT2D eigenvalue weighted by Crippen LogP contribution is -2.40. The summed E-state index contributed by atoms with van der Waals surface area (Å²) in [6.07, 6.45) is -0.0147. The molecule has 0 radical (unpaired) electrons. The second-order valence-corrected chi connectivity index (χ2v) is 5.00. The molecular formula is C15H22N2O3. The van der Waals surface area contributed by atoms with Gasteiger partial charge in [0.15, 0.2) is 6.10 Å². The minimum Gasteiger partial charge on any atom is -0.449 e. The molecule has 0 saturated heterocycles. The SMILES string of the molecule is CCC(C)NC(=O)C(C)OC(=O)c1cc(C)cc(N)c1. The molecule has 0 aliphatic carbocycles. The van der Waals surface area contributed by atoms with Crippen LogP contribution in [0.4, 0.5) is 5.69 Å². The summed E-state index contributed by atoms with van der Waals surface area (Å²) in [5.74, 6) is -0.847. The number of carbonyl (C=O) groups is 2. The maximum absolute atomic E-state index is 12.0. The van der Waals surface area contributed by atoms with Gasteiger partial charge in [0.05, 0.1) is 5.56 Å². The molecule has 1 rings (SSSR count). The Morgan fingerprint density at radius 3 is 2.50 bits per heavy atom. The first-order valence-electron chi connectivity index (χ1n) is 6.72. The van der Waals surface area contributed by atoms with Crippen LogP contribution < -0.4 is 11.1 Å². The van der Waals surface area contributed by atoms with Crippen LogP contribution in [0.15, 0.2) is 18.2 Å². The lowest BCUT2D eigenvalue weighted by molar-refractivity contribution is -0.129. The summed E-state index contributed by atoms with van der Waals surface area (Å²) in [6, 6.07) is 5.03. The van der Waals surface area contributed by atoms with E-state index in [1.807, 2.05) is 20.8 Å². The number of ether oxygens (including phenoxy) is 1. The lowest BCUT2D eigenvalue weighted by atomic mass is 10.1. The highest BCUT2D eigenvalue weighted by atomic mass is 16.5. The van der Waals surface area contributed by atoms with Crippen LogP contribution in [0.1, 0.15) is 43.1 Å². The number of amides is 1. The van der Waals surface area contributed by atoms with Crippen molar-refractivity contribution in [3.63, 3.8) is 0 Å². The molecule has 0 spiro atoms. The monoisotopic (exact) mass is 278 g/mol. The van der Waals surface area contributed by atoms with Gasteiger partial charge in [-0.15, -0.1) is 0 Å². The molecule has 0 aliphatic heterocycles. The fourth-order valence-corrected chi connectivity index (χ4v) is 1.67. The molecule has 0 heterocycles. The Labute approximate surface area is 119 Å². The van der Waals surface area contributed by atoms with Gasteiger partial charge in [0.2, 0.25) is 0 Å². The zero-order valence-electron chi connectivity index (χ0n) is 12.4. The highest BCUT2D eigenvalue weighted by Gasteiger charge is 2.20. The van der Waals surface area contributed by atoms with E-state index in [9.17, 15) is 9.59 Å². The zero-order valence-corrected chi connectivity index (χ0v) is 12.4. The molecule has 0 fully saturated rings. The van der Waals surface area contributed by atoms with Gasteiger partial charge in [-0.25, -0.2) is 4.79 Å². The van der Waals surface area contributed by atoms with Crippen molar-refractivity contribution in [2.75, 3.05) is 5.73 Å². The number of hydrogen-bond donors (Lipinski definition) is 2. The number of nitrogens with one attached hydrogen (secondary N) is 1. The highest BCUT2D eigenvalue weighted by molar-refractivity contribution is 5.93. The maximum Gasteiger partial charge on any atom is 0.338 e. The Balaban J connectivity index is 2.67. The van der Waals surface area contributed by atoms with Gasteiger partial charge in [0, 0.05) is 11.7 Å². The summed E-state index contributed by atoms with van der Waals surface area (Å²) in [6.45, 7) is 7.26. The number of nitrogens with two attached hydrogens (primary N) is 1. The van der Waals surface area contributed by atoms with Gasteiger partial charge in [-0.3, -0.25) is 4.79 Å². The van der Waals surface area contributed by atoms with Crippen molar-refractivity contribution < 1.29 is 14.3 Å². The van der Waals surface area contributed by atoms with Crippen molar-refractivity contribution in [2.24, 2.45) is 0 Å². The van der Waals surface area contributed by atoms with E-state index >= 15 is 0 Å². The topological polar surface area (TPSA) is 81.4 Å². The van der Waals surface area contributed by atoms with Crippen molar-refractivity contribution in [2.45, 2.75) is 46.3 Å². The summed E-state index contributed by atoms with van der Waals surface area (Å²) < 4.78 is 5.15. The smallest absolute Gasteiger partial charge is 0.338 e. The van der Waals surface area contributed by atoms with Crippen LogP contribution in [-0.4, -0.2) is 24.0 Å². The molecule has 5 nitrogen and oxygen atoms in total. The first-order valence-corrected chi connectivity index (χ1v) is 6.72. The molecule has 1 amide bonds. The molecular weight excluding hydrogens is 256 g/mol. The van der Waals surface area contributed by atoms with E-state index in [2.05, 4.69) is 5.32 Å². The molecule has 3 N–H and O–H groups in total. The average Bonchev–Trinajstić information content (AvgIpc) is 2.37. The Morgan fingerprint density at radius 1 is 1.30 bits per heavy atom. The number of carbonyl (C=O) groups excluding carboxylic acids is 2. The number of benzene rings is 1. The van der Waals surface area contributed by atoms with Crippen LogP contribution in [-0.2, 0) is 9.53 Å². The van der Waals surface area contributed by atoms with Gasteiger partial charge in [0.1, 0.15) is 0 Å². The minimum atomic E-state index is -0.835. The van der Waals surface area contributed by atoms with Gasteiger partial charge in [-0.2, -0.15) is 0 Å². The normalized spacial score (nSPS) is 13.4. The molecule has 1 aromatic carbocycles. The molecule has 0 aromatic heterocycles. The van der Waals surface area contributed by atoms with Crippen molar-refractivity contribution in [3.05, 3.63) is 29.3 Å². The van der Waals surface area contributed by atoms with Gasteiger partial charge < -0.3 is 15.8 Å². The molecule has 1 aromatic rings. The summed E-state index contributed by atoms with van der Waals surface area (Å²) in [7, 11) is 0. The molecule has 0 saturated carbocycles. The van der Waals surface area contributed by atoms with E-state index in [1.54, 1.807) is 19.1 Å². The maximum atomic E-state index is 12.0. The number of hydrogen-bond acceptors (Lipinski definition) is 4. The van der Waals surface area contributed by atoms with E-state index in [0.717, 1.165) is 12.0 Å². The number of anilines is 1. The van der Waals surface area contributed by atoms with Crippen LogP contribution in [0.25, 0.3) is 0 Å². The number of nitrogen functional groups attached to an aromatic ring is 1. The third-order valence-electron chi connectivity index (χ3n) is 2.99. The molecule has 2 unspecified atom stereocenters. The Hall–Kier alpha value is -2.04. The van der Waals surface area contributed by atoms with Crippen molar-refractivity contribution in [1.29, 1.82) is 0 Å². The van der Waals surface area contributed by atoms with Crippen LogP contribution >= 0.6 is 0 Å². The number of rotatable bonds is 5. The molecule has 20 heavy (non-hydrogen) atoms. The van der Waals surface area contributed by atoms with Gasteiger partial charge in [-0.05, 0) is 51.0 Å². The summed E-state index contributed by atoms with van der Waals surface area (Å²) in [5, 5.41) is 2.77. The third kappa shape index (κ3) is 4.57. The van der Waals surface area contributed by atoms with E-state index < -0.39 is 12.1 Å². The molecule has 0 aliphatic rings. The van der Waals surface area contributed by atoms with Crippen LogP contribution in [0.5, 0.6) is 0 Å².